The lowest BCUT2D eigenvalue weighted by molar-refractivity contribution is -0.139. The average molecular weight is 448 g/mol. The largest absolute Gasteiger partial charge is 0.378 e. The van der Waals surface area contributed by atoms with Crippen molar-refractivity contribution in [2.45, 2.75) is 25.7 Å². The van der Waals surface area contributed by atoms with Crippen LogP contribution in [0.2, 0.25) is 5.02 Å². The van der Waals surface area contributed by atoms with Crippen LogP contribution in [0.1, 0.15) is 24.8 Å². The lowest BCUT2D eigenvalue weighted by Crippen LogP contribution is -2.45. The lowest BCUT2D eigenvalue weighted by Gasteiger charge is -2.34. The molecule has 0 aliphatic carbocycles. The Morgan fingerprint density at radius 2 is 1.74 bits per heavy atom. The number of nitrogens with zero attached hydrogens (tertiary/aromatic N) is 3. The minimum atomic E-state index is -0.233. The minimum Gasteiger partial charge on any atom is -0.378 e. The monoisotopic (exact) mass is 447 g/mol. The Morgan fingerprint density at radius 1 is 1.03 bits per heavy atom. The number of hydrogen-bond donors (Lipinski definition) is 0. The Balaban J connectivity index is 1.23. The molecule has 3 heterocycles. The van der Waals surface area contributed by atoms with Gasteiger partial charge in [0.2, 0.25) is 17.7 Å². The number of halogens is 1. The van der Waals surface area contributed by atoms with E-state index in [1.165, 1.54) is 0 Å². The molecule has 0 radical (unpaired) electrons. The lowest BCUT2D eigenvalue weighted by atomic mass is 9.95. The molecule has 3 aliphatic rings. The van der Waals surface area contributed by atoms with Gasteiger partial charge in [-0.15, -0.1) is 0 Å². The fourth-order valence-corrected chi connectivity index (χ4v) is 4.95. The standard InChI is InChI=1S/C23H30ClN3O4/c24-20-4-2-1-3-18(20)13-21(28)25-7-5-17(6-8-25)15-27-16-19(14-22(27)29)23(30)26-9-11-31-12-10-26/h1-4,17,19H,5-16H2. The maximum atomic E-state index is 12.7. The van der Waals surface area contributed by atoms with E-state index in [9.17, 15) is 14.4 Å². The van der Waals surface area contributed by atoms with Gasteiger partial charge in [0.15, 0.2) is 0 Å². The number of benzene rings is 1. The third-order valence-electron chi connectivity index (χ3n) is 6.63. The van der Waals surface area contributed by atoms with Gasteiger partial charge in [-0.2, -0.15) is 0 Å². The van der Waals surface area contributed by atoms with Gasteiger partial charge in [-0.25, -0.2) is 0 Å². The van der Waals surface area contributed by atoms with E-state index >= 15 is 0 Å². The molecule has 3 saturated heterocycles. The van der Waals surface area contributed by atoms with Crippen LogP contribution in [0.4, 0.5) is 0 Å². The van der Waals surface area contributed by atoms with Crippen LogP contribution < -0.4 is 0 Å². The molecule has 7 nitrogen and oxygen atoms in total. The molecule has 0 saturated carbocycles. The van der Waals surface area contributed by atoms with Gasteiger partial charge < -0.3 is 19.4 Å². The van der Waals surface area contributed by atoms with Crippen molar-refractivity contribution in [3.63, 3.8) is 0 Å². The molecule has 0 aromatic heterocycles. The number of carbonyl (C=O) groups is 3. The van der Waals surface area contributed by atoms with Crippen LogP contribution in [0, 0.1) is 11.8 Å². The molecule has 3 aliphatic heterocycles. The Morgan fingerprint density at radius 3 is 2.45 bits per heavy atom. The molecule has 1 aromatic carbocycles. The third-order valence-corrected chi connectivity index (χ3v) is 7.00. The molecule has 3 fully saturated rings. The highest BCUT2D eigenvalue weighted by atomic mass is 35.5. The van der Waals surface area contributed by atoms with Crippen LogP contribution in [0.25, 0.3) is 0 Å². The van der Waals surface area contributed by atoms with Crippen LogP contribution in [-0.4, -0.2) is 84.9 Å². The topological polar surface area (TPSA) is 70.2 Å². The summed E-state index contributed by atoms with van der Waals surface area (Å²) in [5, 5.41) is 0.625. The Kier molecular flexibility index (Phi) is 7.13. The Labute approximate surface area is 188 Å². The Hall–Kier alpha value is -2.12. The highest BCUT2D eigenvalue weighted by Crippen LogP contribution is 2.26. The maximum absolute atomic E-state index is 12.7. The normalized spacial score (nSPS) is 22.8. The molecule has 0 spiro atoms. The smallest absolute Gasteiger partial charge is 0.228 e. The van der Waals surface area contributed by atoms with Crippen molar-refractivity contribution < 1.29 is 19.1 Å². The van der Waals surface area contributed by atoms with E-state index in [1.807, 2.05) is 32.9 Å². The van der Waals surface area contributed by atoms with Crippen LogP contribution in [0.5, 0.6) is 0 Å². The van der Waals surface area contributed by atoms with E-state index in [4.69, 9.17) is 16.3 Å². The summed E-state index contributed by atoms with van der Waals surface area (Å²) in [7, 11) is 0. The van der Waals surface area contributed by atoms with E-state index in [0.717, 1.165) is 18.4 Å². The predicted octanol–water partition coefficient (Wildman–Crippen LogP) is 1.83. The van der Waals surface area contributed by atoms with Crippen LogP contribution in [0.3, 0.4) is 0 Å². The SMILES string of the molecule is O=C(Cc1ccccc1Cl)N1CCC(CN2CC(C(=O)N3CCOCC3)CC2=O)CC1. The summed E-state index contributed by atoms with van der Waals surface area (Å²) in [5.74, 6) is 0.386. The fourth-order valence-electron chi connectivity index (χ4n) is 4.75. The first-order valence-corrected chi connectivity index (χ1v) is 11.5. The van der Waals surface area contributed by atoms with Crippen molar-refractivity contribution in [3.8, 4) is 0 Å². The van der Waals surface area contributed by atoms with E-state index in [-0.39, 0.29) is 23.6 Å². The molecule has 3 amide bonds. The second-order valence-electron chi connectivity index (χ2n) is 8.73. The summed E-state index contributed by atoms with van der Waals surface area (Å²) in [6.45, 7) is 4.97. The summed E-state index contributed by atoms with van der Waals surface area (Å²) in [5.41, 5.74) is 0.856. The minimum absolute atomic E-state index is 0.0730. The van der Waals surface area contributed by atoms with Gasteiger partial charge >= 0.3 is 0 Å². The highest BCUT2D eigenvalue weighted by Gasteiger charge is 2.38. The average Bonchev–Trinajstić information content (AvgIpc) is 3.16. The van der Waals surface area contributed by atoms with Gasteiger partial charge in [0.05, 0.1) is 25.6 Å². The van der Waals surface area contributed by atoms with Gasteiger partial charge in [-0.1, -0.05) is 29.8 Å². The summed E-state index contributed by atoms with van der Waals surface area (Å²) in [4.78, 5) is 43.4. The van der Waals surface area contributed by atoms with Crippen molar-refractivity contribution in [3.05, 3.63) is 34.9 Å². The molecule has 31 heavy (non-hydrogen) atoms. The molecular formula is C23H30ClN3O4. The molecule has 4 rings (SSSR count). The number of amides is 3. The maximum Gasteiger partial charge on any atom is 0.228 e. The number of carbonyl (C=O) groups excluding carboxylic acids is 3. The summed E-state index contributed by atoms with van der Waals surface area (Å²) >= 11 is 6.18. The molecule has 1 unspecified atom stereocenters. The number of morpholine rings is 1. The van der Waals surface area contributed by atoms with Crippen molar-refractivity contribution in [2.24, 2.45) is 11.8 Å². The quantitative estimate of drug-likeness (QED) is 0.690. The van der Waals surface area contributed by atoms with Gasteiger partial charge in [0, 0.05) is 50.7 Å². The van der Waals surface area contributed by atoms with Crippen LogP contribution in [-0.2, 0) is 25.5 Å². The number of rotatable bonds is 5. The number of piperidine rings is 1. The van der Waals surface area contributed by atoms with Crippen LogP contribution in [0.15, 0.2) is 24.3 Å². The zero-order valence-electron chi connectivity index (χ0n) is 17.8. The van der Waals surface area contributed by atoms with Crippen molar-refractivity contribution >= 4 is 29.3 Å². The van der Waals surface area contributed by atoms with E-state index in [0.29, 0.717) is 76.3 Å². The summed E-state index contributed by atoms with van der Waals surface area (Å²) < 4.78 is 5.31. The first-order chi connectivity index (χ1) is 15.0. The van der Waals surface area contributed by atoms with Gasteiger partial charge in [-0.05, 0) is 30.4 Å². The van der Waals surface area contributed by atoms with Crippen LogP contribution >= 0.6 is 11.6 Å². The number of hydrogen-bond acceptors (Lipinski definition) is 4. The van der Waals surface area contributed by atoms with E-state index in [1.54, 1.807) is 6.07 Å². The summed E-state index contributed by atoms with van der Waals surface area (Å²) in [6, 6.07) is 7.45. The predicted molar refractivity (Wildman–Crippen MR) is 117 cm³/mol. The third kappa shape index (κ3) is 5.39. The van der Waals surface area contributed by atoms with Crippen molar-refractivity contribution in [1.29, 1.82) is 0 Å². The van der Waals surface area contributed by atoms with E-state index in [2.05, 4.69) is 0 Å². The molecule has 0 N–H and O–H groups in total. The number of likely N-dealkylation sites (tertiary alicyclic amines) is 2. The Bertz CT molecular complexity index is 819. The zero-order valence-corrected chi connectivity index (χ0v) is 18.6. The second-order valence-corrected chi connectivity index (χ2v) is 9.14. The molecule has 168 valence electrons. The first-order valence-electron chi connectivity index (χ1n) is 11.2. The summed E-state index contributed by atoms with van der Waals surface area (Å²) in [6.07, 6.45) is 2.38. The van der Waals surface area contributed by atoms with Crippen molar-refractivity contribution in [2.75, 3.05) is 52.5 Å². The van der Waals surface area contributed by atoms with E-state index < -0.39 is 0 Å². The molecule has 1 aromatic rings. The van der Waals surface area contributed by atoms with Gasteiger partial charge in [0.25, 0.3) is 0 Å². The highest BCUT2D eigenvalue weighted by molar-refractivity contribution is 6.31. The molecular weight excluding hydrogens is 418 g/mol. The zero-order chi connectivity index (χ0) is 21.8. The number of ether oxygens (including phenoxy) is 1. The molecule has 1 atom stereocenters. The van der Waals surface area contributed by atoms with Crippen molar-refractivity contribution in [1.82, 2.24) is 14.7 Å². The molecule has 8 heteroatoms. The molecule has 0 bridgehead atoms. The van der Waals surface area contributed by atoms with Gasteiger partial charge in [-0.3, -0.25) is 14.4 Å². The first kappa shape index (κ1) is 22.1. The second kappa shape index (κ2) is 10.0. The van der Waals surface area contributed by atoms with Gasteiger partial charge in [0.1, 0.15) is 0 Å². The fraction of sp³-hybridized carbons (Fsp3) is 0.609.